The zero-order valence-corrected chi connectivity index (χ0v) is 6.36. The number of β-amino-alcohol motifs (C(OH)–C–C–N with tert-alkyl or cyclic N) is 4. The van der Waals surface area contributed by atoms with E-state index >= 15 is 0 Å². The van der Waals surface area contributed by atoms with Gasteiger partial charge in [-0.25, -0.2) is 0 Å². The van der Waals surface area contributed by atoms with Crippen LogP contribution in [0.4, 0.5) is 0 Å². The molecule has 1 saturated heterocycles. The predicted octanol–water partition coefficient (Wildman–Crippen LogP) is -2.32. The Labute approximate surface area is 64.5 Å². The van der Waals surface area contributed by atoms with Gasteiger partial charge in [-0.05, 0) is 7.05 Å². The second-order valence-corrected chi connectivity index (χ2v) is 3.31. The zero-order chi connectivity index (χ0) is 8.70. The van der Waals surface area contributed by atoms with Gasteiger partial charge in [0.25, 0.3) is 0 Å². The molecule has 0 unspecified atom stereocenters. The van der Waals surface area contributed by atoms with Crippen molar-refractivity contribution < 1.29 is 20.4 Å². The molecule has 1 heterocycles. The fourth-order valence-corrected chi connectivity index (χ4v) is 1.49. The van der Waals surface area contributed by atoms with E-state index in [-0.39, 0.29) is 13.1 Å². The third-order valence-electron chi connectivity index (χ3n) is 1.61. The molecule has 66 valence electrons. The lowest BCUT2D eigenvalue weighted by Gasteiger charge is -2.40. The van der Waals surface area contributed by atoms with Crippen LogP contribution < -0.4 is 0 Å². The summed E-state index contributed by atoms with van der Waals surface area (Å²) in [6.45, 7) is 0.0751. The van der Waals surface area contributed by atoms with Crippen LogP contribution in [-0.4, -0.2) is 57.0 Å². The molecule has 0 atom stereocenters. The first-order chi connectivity index (χ1) is 4.81. The average molecular weight is 163 g/mol. The van der Waals surface area contributed by atoms with Crippen molar-refractivity contribution in [2.75, 3.05) is 20.1 Å². The summed E-state index contributed by atoms with van der Waals surface area (Å²) in [6, 6.07) is 0. The van der Waals surface area contributed by atoms with Crippen molar-refractivity contribution in [1.29, 1.82) is 0 Å². The van der Waals surface area contributed by atoms with Gasteiger partial charge < -0.3 is 20.4 Å². The quantitative estimate of drug-likeness (QED) is 0.301. The maximum atomic E-state index is 9.07. The molecule has 0 aromatic rings. The standard InChI is InChI=1S/C6H13NO4/c1-7-3-5(8,9)2-6(10,11)4-7/h8-11H,2-4H2,1H3. The van der Waals surface area contributed by atoms with Gasteiger partial charge in [0.15, 0.2) is 11.6 Å². The summed E-state index contributed by atoms with van der Waals surface area (Å²) in [5.41, 5.74) is 0. The lowest BCUT2D eigenvalue weighted by atomic mass is 10.00. The van der Waals surface area contributed by atoms with Crippen LogP contribution >= 0.6 is 0 Å². The molecule has 1 aliphatic heterocycles. The molecule has 5 nitrogen and oxygen atoms in total. The van der Waals surface area contributed by atoms with E-state index in [9.17, 15) is 0 Å². The Hall–Kier alpha value is -0.200. The molecule has 0 amide bonds. The highest BCUT2D eigenvalue weighted by Gasteiger charge is 2.42. The molecule has 0 saturated carbocycles. The van der Waals surface area contributed by atoms with E-state index in [0.29, 0.717) is 0 Å². The molecule has 11 heavy (non-hydrogen) atoms. The van der Waals surface area contributed by atoms with E-state index in [4.69, 9.17) is 20.4 Å². The topological polar surface area (TPSA) is 84.2 Å². The molecule has 0 aliphatic carbocycles. The van der Waals surface area contributed by atoms with Crippen LogP contribution in [0.2, 0.25) is 0 Å². The molecule has 1 aliphatic rings. The number of likely N-dealkylation sites (N-methyl/N-ethyl adjacent to an activating group) is 1. The Morgan fingerprint density at radius 3 is 1.64 bits per heavy atom. The molecule has 4 N–H and O–H groups in total. The fraction of sp³-hybridized carbons (Fsp3) is 1.00. The van der Waals surface area contributed by atoms with E-state index in [2.05, 4.69) is 0 Å². The third kappa shape index (κ3) is 2.39. The van der Waals surface area contributed by atoms with E-state index in [1.165, 1.54) is 4.90 Å². The van der Waals surface area contributed by atoms with E-state index < -0.39 is 18.0 Å². The molecular weight excluding hydrogens is 150 g/mol. The largest absolute Gasteiger partial charge is 0.364 e. The molecule has 0 bridgehead atoms. The number of hydrogen-bond acceptors (Lipinski definition) is 5. The van der Waals surface area contributed by atoms with Gasteiger partial charge in [-0.2, -0.15) is 0 Å². The van der Waals surface area contributed by atoms with E-state index in [1.54, 1.807) is 7.05 Å². The first kappa shape index (κ1) is 8.89. The molecule has 1 fully saturated rings. The first-order valence-corrected chi connectivity index (χ1v) is 3.39. The number of aliphatic hydroxyl groups is 4. The summed E-state index contributed by atoms with van der Waals surface area (Å²) in [7, 11) is 1.58. The molecule has 0 aromatic carbocycles. The van der Waals surface area contributed by atoms with Gasteiger partial charge in [0.2, 0.25) is 0 Å². The number of hydrogen-bond donors (Lipinski definition) is 4. The third-order valence-corrected chi connectivity index (χ3v) is 1.61. The normalized spacial score (nSPS) is 30.3. The lowest BCUT2D eigenvalue weighted by Crippen LogP contribution is -2.58. The van der Waals surface area contributed by atoms with Gasteiger partial charge in [0.05, 0.1) is 19.5 Å². The van der Waals surface area contributed by atoms with Crippen LogP contribution in [0.1, 0.15) is 6.42 Å². The van der Waals surface area contributed by atoms with Gasteiger partial charge in [-0.1, -0.05) is 0 Å². The van der Waals surface area contributed by atoms with Crippen molar-refractivity contribution in [3.8, 4) is 0 Å². The van der Waals surface area contributed by atoms with E-state index in [1.807, 2.05) is 0 Å². The zero-order valence-electron chi connectivity index (χ0n) is 6.36. The Bertz CT molecular complexity index is 141. The Balaban J connectivity index is 2.66. The van der Waals surface area contributed by atoms with Gasteiger partial charge in [0, 0.05) is 0 Å². The SMILES string of the molecule is CN1CC(O)(O)CC(O)(O)C1. The number of likely N-dealkylation sites (tertiary alicyclic amines) is 1. The first-order valence-electron chi connectivity index (χ1n) is 3.39. The summed E-state index contributed by atoms with van der Waals surface area (Å²) >= 11 is 0. The summed E-state index contributed by atoms with van der Waals surface area (Å²) in [6.07, 6.45) is -0.426. The highest BCUT2D eigenvalue weighted by Crippen LogP contribution is 2.23. The van der Waals surface area contributed by atoms with Gasteiger partial charge >= 0.3 is 0 Å². The van der Waals surface area contributed by atoms with Gasteiger partial charge in [-0.3, -0.25) is 4.90 Å². The summed E-state index contributed by atoms with van der Waals surface area (Å²) in [5, 5.41) is 36.3. The second kappa shape index (κ2) is 2.40. The van der Waals surface area contributed by atoms with Crippen molar-refractivity contribution >= 4 is 0 Å². The van der Waals surface area contributed by atoms with Crippen molar-refractivity contribution in [1.82, 2.24) is 4.90 Å². The van der Waals surface area contributed by atoms with E-state index in [0.717, 1.165) is 0 Å². The summed E-state index contributed by atoms with van der Waals surface area (Å²) in [5.74, 6) is -3.98. The van der Waals surface area contributed by atoms with Crippen molar-refractivity contribution in [3.05, 3.63) is 0 Å². The van der Waals surface area contributed by atoms with Crippen LogP contribution in [0.3, 0.4) is 0 Å². The van der Waals surface area contributed by atoms with Gasteiger partial charge in [-0.15, -0.1) is 0 Å². The van der Waals surface area contributed by atoms with Gasteiger partial charge in [0.1, 0.15) is 0 Å². The van der Waals surface area contributed by atoms with Crippen LogP contribution in [-0.2, 0) is 0 Å². The second-order valence-electron chi connectivity index (χ2n) is 3.31. The molecule has 0 radical (unpaired) electrons. The highest BCUT2D eigenvalue weighted by atomic mass is 16.5. The Morgan fingerprint density at radius 1 is 1.00 bits per heavy atom. The minimum atomic E-state index is -1.99. The summed E-state index contributed by atoms with van der Waals surface area (Å²) in [4.78, 5) is 1.45. The number of rotatable bonds is 0. The average Bonchev–Trinajstić information content (AvgIpc) is 1.49. The van der Waals surface area contributed by atoms with Crippen LogP contribution in [0.15, 0.2) is 0 Å². The molecular formula is C6H13NO4. The number of nitrogens with zero attached hydrogens (tertiary/aromatic N) is 1. The van der Waals surface area contributed by atoms with Crippen LogP contribution in [0, 0.1) is 0 Å². The molecule has 0 spiro atoms. The molecule has 0 aromatic heterocycles. The Kier molecular flexibility index (Phi) is 1.94. The lowest BCUT2D eigenvalue weighted by molar-refractivity contribution is -0.290. The Morgan fingerprint density at radius 2 is 1.36 bits per heavy atom. The van der Waals surface area contributed by atoms with Crippen molar-refractivity contribution in [2.24, 2.45) is 0 Å². The van der Waals surface area contributed by atoms with Crippen LogP contribution in [0.5, 0.6) is 0 Å². The minimum absolute atomic E-state index is 0.0376. The van der Waals surface area contributed by atoms with Crippen LogP contribution in [0.25, 0.3) is 0 Å². The molecule has 5 heteroatoms. The molecule has 1 rings (SSSR count). The monoisotopic (exact) mass is 163 g/mol. The fourth-order valence-electron chi connectivity index (χ4n) is 1.49. The van der Waals surface area contributed by atoms with Crippen molar-refractivity contribution in [3.63, 3.8) is 0 Å². The minimum Gasteiger partial charge on any atom is -0.364 e. The summed E-state index contributed by atoms with van der Waals surface area (Å²) < 4.78 is 0. The van der Waals surface area contributed by atoms with Crippen molar-refractivity contribution in [2.45, 2.75) is 18.0 Å². The smallest absolute Gasteiger partial charge is 0.180 e. The highest BCUT2D eigenvalue weighted by molar-refractivity contribution is 4.85. The maximum absolute atomic E-state index is 9.07. The predicted molar refractivity (Wildman–Crippen MR) is 36.5 cm³/mol. The number of piperidine rings is 1. The maximum Gasteiger partial charge on any atom is 0.180 e.